The molecule has 1 N–H and O–H groups in total. The second-order valence-electron chi connectivity index (χ2n) is 12.2. The van der Waals surface area contributed by atoms with Gasteiger partial charge in [0.1, 0.15) is 12.6 Å². The minimum Gasteiger partial charge on any atom is -0.476 e. The Bertz CT molecular complexity index is 1350. The molecule has 3 amide bonds. The Labute approximate surface area is 248 Å². The van der Waals surface area contributed by atoms with Gasteiger partial charge in [-0.3, -0.25) is 14.4 Å². The summed E-state index contributed by atoms with van der Waals surface area (Å²) < 4.78 is 5.83. The van der Waals surface area contributed by atoms with Crippen molar-refractivity contribution in [2.75, 3.05) is 6.61 Å². The van der Waals surface area contributed by atoms with Crippen molar-refractivity contribution < 1.29 is 24.2 Å². The van der Waals surface area contributed by atoms with Gasteiger partial charge in [-0.1, -0.05) is 88.4 Å². The summed E-state index contributed by atoms with van der Waals surface area (Å²) in [7, 11) is 0. The van der Waals surface area contributed by atoms with Gasteiger partial charge in [-0.25, -0.2) is 15.0 Å². The average molecular weight is 575 g/mol. The number of carbonyl (C=O) groups excluding carboxylic acids is 3. The maximum atomic E-state index is 14.6. The minimum absolute atomic E-state index is 0.124. The fourth-order valence-corrected chi connectivity index (χ4v) is 5.40. The Hall–Kier alpha value is -3.98. The smallest absolute Gasteiger partial charge is 0.269 e. The average Bonchev–Trinajstić information content (AvgIpc) is 3.32. The fraction of sp³-hybridized carbons (Fsp3) is 0.455. The van der Waals surface area contributed by atoms with Crippen molar-refractivity contribution in [3.8, 4) is 0 Å². The van der Waals surface area contributed by atoms with Crippen LogP contribution >= 0.6 is 0 Å². The van der Waals surface area contributed by atoms with E-state index in [0.29, 0.717) is 11.3 Å². The lowest BCUT2D eigenvalue weighted by Gasteiger charge is -2.48. The zero-order valence-electron chi connectivity index (χ0n) is 25.5. The molecule has 0 aliphatic carbocycles. The second kappa shape index (κ2) is 12.5. The maximum Gasteiger partial charge on any atom is 0.269 e. The first kappa shape index (κ1) is 31.0. The van der Waals surface area contributed by atoms with Gasteiger partial charge >= 0.3 is 0 Å². The van der Waals surface area contributed by atoms with E-state index >= 15 is 0 Å². The lowest BCUT2D eigenvalue weighted by atomic mass is 9.95. The van der Waals surface area contributed by atoms with E-state index in [1.807, 2.05) is 88.4 Å². The first-order chi connectivity index (χ1) is 19.8. The number of carbonyl (C=O) groups is 3. The van der Waals surface area contributed by atoms with Crippen LogP contribution in [0.4, 0.5) is 0 Å². The van der Waals surface area contributed by atoms with Crippen LogP contribution < -0.4 is 0 Å². The fourth-order valence-electron chi connectivity index (χ4n) is 5.40. The van der Waals surface area contributed by atoms with E-state index in [1.165, 1.54) is 21.8 Å². The molecule has 2 aliphatic heterocycles. The molecule has 0 bridgehead atoms. The molecule has 0 saturated heterocycles. The molecule has 3 atom stereocenters. The van der Waals surface area contributed by atoms with Gasteiger partial charge in [0, 0.05) is 24.6 Å². The van der Waals surface area contributed by atoms with Crippen LogP contribution in [-0.2, 0) is 25.5 Å². The molecule has 4 rings (SSSR count). The first-order valence-corrected chi connectivity index (χ1v) is 14.5. The molecule has 224 valence electrons. The standard InChI is InChI=1S/C33H42N4O5/c1-21(2)28-32(41)37(27(25-16-12-9-13-17-25)19-35(28)31(40)22(3)4)36(23(5)38)26(18-24-14-10-8-11-15-24)29(39)30-34-33(6,7)20-42-30/h8-17,19,21-22,26,28-29,39H,18,20H2,1-7H3/t26-,28+,29?/m0/s1. The van der Waals surface area contributed by atoms with Crippen molar-refractivity contribution in [3.63, 3.8) is 0 Å². The van der Waals surface area contributed by atoms with Crippen LogP contribution in [0.15, 0.2) is 71.9 Å². The molecular weight excluding hydrogens is 532 g/mol. The molecule has 1 unspecified atom stereocenters. The summed E-state index contributed by atoms with van der Waals surface area (Å²) in [6.07, 6.45) is 0.559. The van der Waals surface area contributed by atoms with Crippen LogP contribution in [-0.4, -0.2) is 74.0 Å². The van der Waals surface area contributed by atoms with E-state index in [2.05, 4.69) is 4.99 Å². The Kier molecular flexibility index (Phi) is 9.21. The van der Waals surface area contributed by atoms with Gasteiger partial charge in [0.15, 0.2) is 6.10 Å². The molecule has 2 aromatic rings. The maximum absolute atomic E-state index is 14.6. The van der Waals surface area contributed by atoms with Crippen molar-refractivity contribution in [2.24, 2.45) is 16.8 Å². The molecule has 0 radical (unpaired) electrons. The number of hydrogen-bond acceptors (Lipinski definition) is 6. The monoisotopic (exact) mass is 574 g/mol. The first-order valence-electron chi connectivity index (χ1n) is 14.5. The third-order valence-corrected chi connectivity index (χ3v) is 7.44. The Morgan fingerprint density at radius 1 is 1.05 bits per heavy atom. The predicted molar refractivity (Wildman–Crippen MR) is 162 cm³/mol. The molecule has 0 fully saturated rings. The molecule has 9 nitrogen and oxygen atoms in total. The number of nitrogens with zero attached hydrogens (tertiary/aromatic N) is 4. The summed E-state index contributed by atoms with van der Waals surface area (Å²) in [5, 5.41) is 14.5. The van der Waals surface area contributed by atoms with Crippen molar-refractivity contribution in [1.82, 2.24) is 14.9 Å². The molecular formula is C33H42N4O5. The van der Waals surface area contributed by atoms with Crippen LogP contribution in [0.2, 0.25) is 0 Å². The topological polar surface area (TPSA) is 103 Å². The number of ether oxygens (including phenoxy) is 1. The number of hydrazine groups is 1. The summed E-state index contributed by atoms with van der Waals surface area (Å²) in [4.78, 5) is 47.8. The number of hydrogen-bond donors (Lipinski definition) is 1. The van der Waals surface area contributed by atoms with Gasteiger partial charge < -0.3 is 14.7 Å². The number of amides is 3. The molecule has 2 aromatic carbocycles. The van der Waals surface area contributed by atoms with Crippen molar-refractivity contribution >= 4 is 29.3 Å². The number of aliphatic hydroxyl groups excluding tert-OH is 1. The van der Waals surface area contributed by atoms with Crippen LogP contribution in [0, 0.1) is 11.8 Å². The number of benzene rings is 2. The van der Waals surface area contributed by atoms with Crippen LogP contribution in [0.3, 0.4) is 0 Å². The third kappa shape index (κ3) is 6.41. The summed E-state index contributed by atoms with van der Waals surface area (Å²) in [5.41, 5.74) is 1.33. The molecule has 2 heterocycles. The molecule has 2 aliphatic rings. The van der Waals surface area contributed by atoms with Crippen LogP contribution in [0.5, 0.6) is 0 Å². The highest BCUT2D eigenvalue weighted by Gasteiger charge is 2.48. The SMILES string of the molecule is CC(=O)N([C@@H](Cc1ccccc1)C(O)C1=NC(C)(C)CO1)N1C(=O)[C@@H](C(C)C)N(C(=O)C(C)C)C=C1c1ccccc1. The quantitative estimate of drug-likeness (QED) is 0.482. The van der Waals surface area contributed by atoms with E-state index in [1.54, 1.807) is 20.0 Å². The zero-order chi connectivity index (χ0) is 30.8. The van der Waals surface area contributed by atoms with E-state index in [-0.39, 0.29) is 36.7 Å². The van der Waals surface area contributed by atoms with Gasteiger partial charge in [-0.2, -0.15) is 0 Å². The summed E-state index contributed by atoms with van der Waals surface area (Å²) in [5.74, 6) is -1.56. The van der Waals surface area contributed by atoms with E-state index in [0.717, 1.165) is 5.56 Å². The van der Waals surface area contributed by atoms with E-state index in [9.17, 15) is 19.5 Å². The van der Waals surface area contributed by atoms with Crippen molar-refractivity contribution in [2.45, 2.75) is 78.6 Å². The van der Waals surface area contributed by atoms with Crippen molar-refractivity contribution in [1.29, 1.82) is 0 Å². The van der Waals surface area contributed by atoms with E-state index < -0.39 is 35.5 Å². The summed E-state index contributed by atoms with van der Waals surface area (Å²) >= 11 is 0. The highest BCUT2D eigenvalue weighted by molar-refractivity contribution is 5.99. The number of rotatable bonds is 9. The lowest BCUT2D eigenvalue weighted by molar-refractivity contribution is -0.169. The molecule has 0 spiro atoms. The van der Waals surface area contributed by atoms with E-state index in [4.69, 9.17) is 4.74 Å². The number of aliphatic imine (C=N–C) groups is 1. The normalized spacial score (nSPS) is 19.8. The van der Waals surface area contributed by atoms with Crippen molar-refractivity contribution in [3.05, 3.63) is 78.0 Å². The largest absolute Gasteiger partial charge is 0.476 e. The Morgan fingerprint density at radius 3 is 2.14 bits per heavy atom. The van der Waals surface area contributed by atoms with Crippen LogP contribution in [0.25, 0.3) is 5.70 Å². The lowest BCUT2D eigenvalue weighted by Crippen LogP contribution is -2.64. The Morgan fingerprint density at radius 2 is 1.64 bits per heavy atom. The highest BCUT2D eigenvalue weighted by atomic mass is 16.5. The molecule has 9 heteroatoms. The molecule has 0 saturated carbocycles. The van der Waals surface area contributed by atoms with Gasteiger partial charge in [-0.05, 0) is 31.7 Å². The number of aliphatic hydroxyl groups is 1. The Balaban J connectivity index is 1.93. The summed E-state index contributed by atoms with van der Waals surface area (Å²) in [6.45, 7) is 12.8. The third-order valence-electron chi connectivity index (χ3n) is 7.44. The van der Waals surface area contributed by atoms with Gasteiger partial charge in [0.2, 0.25) is 17.7 Å². The van der Waals surface area contributed by atoms with Crippen LogP contribution in [0.1, 0.15) is 59.6 Å². The summed E-state index contributed by atoms with van der Waals surface area (Å²) in [6, 6.07) is 16.8. The van der Waals surface area contributed by atoms with Gasteiger partial charge in [0.25, 0.3) is 5.91 Å². The second-order valence-corrected chi connectivity index (χ2v) is 12.2. The molecule has 0 aromatic heterocycles. The van der Waals surface area contributed by atoms with Gasteiger partial charge in [-0.15, -0.1) is 0 Å². The molecule has 42 heavy (non-hydrogen) atoms. The minimum atomic E-state index is -1.33. The zero-order valence-corrected chi connectivity index (χ0v) is 25.5. The van der Waals surface area contributed by atoms with Gasteiger partial charge in [0.05, 0.1) is 17.3 Å². The highest BCUT2D eigenvalue weighted by Crippen LogP contribution is 2.35. The predicted octanol–water partition coefficient (Wildman–Crippen LogP) is 4.28.